The molecule has 5 nitrogen and oxygen atoms in total. The Hall–Kier alpha value is -2.35. The van der Waals surface area contributed by atoms with E-state index in [0.717, 1.165) is 12.8 Å². The zero-order chi connectivity index (χ0) is 15.4. The van der Waals surface area contributed by atoms with Gasteiger partial charge in [-0.3, -0.25) is 14.5 Å². The van der Waals surface area contributed by atoms with Crippen LogP contribution < -0.4 is 5.32 Å². The lowest BCUT2D eigenvalue weighted by Gasteiger charge is -2.24. The van der Waals surface area contributed by atoms with E-state index in [1.54, 1.807) is 24.3 Å². The van der Waals surface area contributed by atoms with Crippen molar-refractivity contribution < 1.29 is 9.59 Å². The summed E-state index contributed by atoms with van der Waals surface area (Å²) < 4.78 is 0. The van der Waals surface area contributed by atoms with Crippen LogP contribution >= 0.6 is 0 Å². The number of nitrogens with zero attached hydrogens (tertiary/aromatic N) is 2. The predicted octanol–water partition coefficient (Wildman–Crippen LogP) is 2.29. The highest BCUT2D eigenvalue weighted by Gasteiger charge is 2.41. The van der Waals surface area contributed by atoms with E-state index in [4.69, 9.17) is 5.26 Å². The van der Waals surface area contributed by atoms with Gasteiger partial charge in [-0.05, 0) is 25.0 Å². The van der Waals surface area contributed by atoms with E-state index in [-0.39, 0.29) is 24.3 Å². The Morgan fingerprint density at radius 2 is 2.00 bits per heavy atom. The average molecular weight is 285 g/mol. The van der Waals surface area contributed by atoms with Crippen molar-refractivity contribution >= 4 is 17.5 Å². The molecule has 1 aromatic rings. The number of anilines is 1. The van der Waals surface area contributed by atoms with Crippen LogP contribution in [0.2, 0.25) is 0 Å². The van der Waals surface area contributed by atoms with Crippen LogP contribution in [0.5, 0.6) is 0 Å². The van der Waals surface area contributed by atoms with Crippen molar-refractivity contribution in [1.29, 1.82) is 5.26 Å². The highest BCUT2D eigenvalue weighted by Crippen LogP contribution is 2.24. The second kappa shape index (κ2) is 6.40. The summed E-state index contributed by atoms with van der Waals surface area (Å²) in [7, 11) is 0. The number of carbonyl (C=O) groups excluding carboxylic acids is 2. The van der Waals surface area contributed by atoms with Crippen LogP contribution in [-0.2, 0) is 9.59 Å². The maximum Gasteiger partial charge on any atom is 0.252 e. The van der Waals surface area contributed by atoms with Crippen molar-refractivity contribution in [2.24, 2.45) is 0 Å². The number of hydrogen-bond donors (Lipinski definition) is 1. The summed E-state index contributed by atoms with van der Waals surface area (Å²) in [5.41, 5.74) is 1.07. The van der Waals surface area contributed by atoms with Crippen LogP contribution in [0.25, 0.3) is 0 Å². The van der Waals surface area contributed by atoms with Crippen LogP contribution in [0.3, 0.4) is 0 Å². The molecule has 21 heavy (non-hydrogen) atoms. The SMILES string of the molecule is CCC(CC)N1C(=O)CC(Nc2ccccc2C#N)C1=O. The lowest BCUT2D eigenvalue weighted by Crippen LogP contribution is -2.41. The Labute approximate surface area is 124 Å². The molecule has 1 aromatic carbocycles. The molecule has 0 radical (unpaired) electrons. The molecule has 1 atom stereocenters. The van der Waals surface area contributed by atoms with Gasteiger partial charge in [0, 0.05) is 6.04 Å². The van der Waals surface area contributed by atoms with Gasteiger partial charge >= 0.3 is 0 Å². The number of imide groups is 1. The fourth-order valence-corrected chi connectivity index (χ4v) is 2.70. The number of likely N-dealkylation sites (tertiary alicyclic amines) is 1. The molecule has 1 heterocycles. The molecular weight excluding hydrogens is 266 g/mol. The molecule has 1 aliphatic rings. The summed E-state index contributed by atoms with van der Waals surface area (Å²) in [6.45, 7) is 3.95. The second-order valence-electron chi connectivity index (χ2n) is 5.13. The molecule has 1 fully saturated rings. The summed E-state index contributed by atoms with van der Waals surface area (Å²) >= 11 is 0. The summed E-state index contributed by atoms with van der Waals surface area (Å²) in [5.74, 6) is -0.331. The molecule has 0 spiro atoms. The predicted molar refractivity (Wildman–Crippen MR) is 79.4 cm³/mol. The van der Waals surface area contributed by atoms with Gasteiger partial charge < -0.3 is 5.32 Å². The van der Waals surface area contributed by atoms with E-state index in [0.29, 0.717) is 11.3 Å². The molecule has 1 N–H and O–H groups in total. The Bertz CT molecular complexity index is 587. The monoisotopic (exact) mass is 285 g/mol. The minimum absolute atomic E-state index is 0.0389. The maximum atomic E-state index is 12.4. The van der Waals surface area contributed by atoms with E-state index in [9.17, 15) is 9.59 Å². The van der Waals surface area contributed by atoms with Gasteiger partial charge in [0.1, 0.15) is 12.1 Å². The highest BCUT2D eigenvalue weighted by molar-refractivity contribution is 6.07. The molecule has 1 unspecified atom stereocenters. The number of para-hydroxylation sites is 1. The maximum absolute atomic E-state index is 12.4. The van der Waals surface area contributed by atoms with E-state index >= 15 is 0 Å². The molecule has 2 rings (SSSR count). The van der Waals surface area contributed by atoms with Gasteiger partial charge in [0.15, 0.2) is 0 Å². The molecular formula is C16H19N3O2. The summed E-state index contributed by atoms with van der Waals surface area (Å²) in [6, 6.07) is 8.45. The molecule has 110 valence electrons. The number of carbonyl (C=O) groups is 2. The fourth-order valence-electron chi connectivity index (χ4n) is 2.70. The van der Waals surface area contributed by atoms with Crippen molar-refractivity contribution in [3.8, 4) is 6.07 Å². The van der Waals surface area contributed by atoms with Gasteiger partial charge in [-0.15, -0.1) is 0 Å². The van der Waals surface area contributed by atoms with Crippen molar-refractivity contribution in [3.05, 3.63) is 29.8 Å². The third kappa shape index (κ3) is 2.89. The zero-order valence-electron chi connectivity index (χ0n) is 12.3. The minimum Gasteiger partial charge on any atom is -0.372 e. The lowest BCUT2D eigenvalue weighted by molar-refractivity contribution is -0.141. The Kier molecular flexibility index (Phi) is 4.59. The summed E-state index contributed by atoms with van der Waals surface area (Å²) in [4.78, 5) is 25.9. The van der Waals surface area contributed by atoms with E-state index in [2.05, 4.69) is 11.4 Å². The first-order valence-corrected chi connectivity index (χ1v) is 7.23. The molecule has 0 aromatic heterocycles. The molecule has 5 heteroatoms. The van der Waals surface area contributed by atoms with Gasteiger partial charge in [-0.25, -0.2) is 0 Å². The summed E-state index contributed by atoms with van der Waals surface area (Å²) in [5, 5.41) is 12.1. The van der Waals surface area contributed by atoms with E-state index in [1.165, 1.54) is 4.90 Å². The number of hydrogen-bond acceptors (Lipinski definition) is 4. The number of nitriles is 1. The smallest absolute Gasteiger partial charge is 0.252 e. The number of rotatable bonds is 5. The fraction of sp³-hybridized carbons (Fsp3) is 0.438. The first-order valence-electron chi connectivity index (χ1n) is 7.23. The second-order valence-corrected chi connectivity index (χ2v) is 5.13. The number of amides is 2. The minimum atomic E-state index is -0.576. The molecule has 0 saturated carbocycles. The van der Waals surface area contributed by atoms with Crippen LogP contribution in [0.4, 0.5) is 5.69 Å². The van der Waals surface area contributed by atoms with Gasteiger partial charge in [0.2, 0.25) is 5.91 Å². The first kappa shape index (κ1) is 15.0. The highest BCUT2D eigenvalue weighted by atomic mass is 16.2. The van der Waals surface area contributed by atoms with E-state index < -0.39 is 6.04 Å². The van der Waals surface area contributed by atoms with Gasteiger partial charge in [-0.1, -0.05) is 26.0 Å². The molecule has 1 aliphatic heterocycles. The van der Waals surface area contributed by atoms with Crippen molar-refractivity contribution in [3.63, 3.8) is 0 Å². The largest absolute Gasteiger partial charge is 0.372 e. The standard InChI is InChI=1S/C16H19N3O2/c1-3-12(4-2)19-15(20)9-14(16(19)21)18-13-8-6-5-7-11(13)10-17/h5-8,12,14,18H,3-4,9H2,1-2H3. The van der Waals surface area contributed by atoms with Gasteiger partial charge in [0.25, 0.3) is 5.91 Å². The van der Waals surface area contributed by atoms with Crippen molar-refractivity contribution in [2.75, 3.05) is 5.32 Å². The van der Waals surface area contributed by atoms with Crippen LogP contribution in [0.15, 0.2) is 24.3 Å². The van der Waals surface area contributed by atoms with Crippen LogP contribution in [-0.4, -0.2) is 28.8 Å². The molecule has 2 amide bonds. The third-order valence-corrected chi connectivity index (χ3v) is 3.87. The average Bonchev–Trinajstić information content (AvgIpc) is 2.77. The Balaban J connectivity index is 2.18. The first-order chi connectivity index (χ1) is 10.1. The molecule has 0 bridgehead atoms. The molecule has 0 aliphatic carbocycles. The van der Waals surface area contributed by atoms with Crippen LogP contribution in [0, 0.1) is 11.3 Å². The zero-order valence-corrected chi connectivity index (χ0v) is 12.3. The quantitative estimate of drug-likeness (QED) is 0.842. The van der Waals surface area contributed by atoms with Gasteiger partial charge in [0.05, 0.1) is 17.7 Å². The van der Waals surface area contributed by atoms with Crippen LogP contribution in [0.1, 0.15) is 38.7 Å². The van der Waals surface area contributed by atoms with E-state index in [1.807, 2.05) is 13.8 Å². The Morgan fingerprint density at radius 3 is 2.62 bits per heavy atom. The third-order valence-electron chi connectivity index (χ3n) is 3.87. The van der Waals surface area contributed by atoms with Crippen molar-refractivity contribution in [2.45, 2.75) is 45.2 Å². The Morgan fingerprint density at radius 1 is 1.33 bits per heavy atom. The summed E-state index contributed by atoms with van der Waals surface area (Å²) in [6.07, 6.45) is 1.67. The van der Waals surface area contributed by atoms with Gasteiger partial charge in [-0.2, -0.15) is 5.26 Å². The molecule has 1 saturated heterocycles. The topological polar surface area (TPSA) is 73.2 Å². The number of nitrogens with one attached hydrogen (secondary N) is 1. The normalized spacial score (nSPS) is 18.2. The van der Waals surface area contributed by atoms with Crippen molar-refractivity contribution in [1.82, 2.24) is 4.90 Å². The lowest BCUT2D eigenvalue weighted by atomic mass is 10.1. The number of benzene rings is 1.